The minimum absolute atomic E-state index is 0.0213. The van der Waals surface area contributed by atoms with Crippen molar-refractivity contribution in [3.8, 4) is 0 Å². The molecule has 1 heterocycles. The molecule has 7 heteroatoms. The maximum Gasteiger partial charge on any atom is 0.405 e. The lowest BCUT2D eigenvalue weighted by Gasteiger charge is -2.16. The van der Waals surface area contributed by atoms with E-state index < -0.39 is 18.0 Å². The van der Waals surface area contributed by atoms with Gasteiger partial charge in [-0.2, -0.15) is 0 Å². The Labute approximate surface area is 121 Å². The number of aromatic nitrogens is 1. The normalized spacial score (nSPS) is 12.0. The molecule has 2 amide bonds. The van der Waals surface area contributed by atoms with E-state index in [-0.39, 0.29) is 6.61 Å². The van der Waals surface area contributed by atoms with Crippen LogP contribution in [0.25, 0.3) is 10.9 Å². The zero-order valence-corrected chi connectivity index (χ0v) is 11.6. The van der Waals surface area contributed by atoms with E-state index in [0.717, 1.165) is 16.5 Å². The van der Waals surface area contributed by atoms with Gasteiger partial charge in [0.05, 0.1) is 6.61 Å². The van der Waals surface area contributed by atoms with E-state index >= 15 is 0 Å². The van der Waals surface area contributed by atoms with E-state index in [4.69, 9.17) is 9.84 Å². The number of fused-ring (bicyclic) bond motifs is 1. The second-order valence-corrected chi connectivity index (χ2v) is 4.53. The van der Waals surface area contributed by atoms with E-state index in [1.165, 1.54) is 7.11 Å². The number of carbonyl (C=O) groups is 2. The first kappa shape index (κ1) is 14.9. The summed E-state index contributed by atoms with van der Waals surface area (Å²) in [6, 6.07) is 6.74. The van der Waals surface area contributed by atoms with Gasteiger partial charge in [0, 0.05) is 30.8 Å². The van der Waals surface area contributed by atoms with Gasteiger partial charge in [0.2, 0.25) is 5.91 Å². The van der Waals surface area contributed by atoms with Crippen LogP contribution in [0.1, 0.15) is 5.56 Å². The fraction of sp³-hybridized carbons (Fsp3) is 0.286. The quantitative estimate of drug-likeness (QED) is 0.639. The molecule has 0 saturated heterocycles. The minimum Gasteiger partial charge on any atom is -0.465 e. The number of methoxy groups -OCH3 is 1. The predicted molar refractivity (Wildman–Crippen MR) is 77.0 cm³/mol. The van der Waals surface area contributed by atoms with Crippen LogP contribution < -0.4 is 10.6 Å². The van der Waals surface area contributed by atoms with Crippen LogP contribution in [0.4, 0.5) is 4.79 Å². The average Bonchev–Trinajstić information content (AvgIpc) is 2.92. The molecule has 112 valence electrons. The molecule has 0 radical (unpaired) electrons. The van der Waals surface area contributed by atoms with Crippen LogP contribution in [0, 0.1) is 0 Å². The highest BCUT2D eigenvalue weighted by Crippen LogP contribution is 2.16. The molecule has 0 aliphatic rings. The van der Waals surface area contributed by atoms with Gasteiger partial charge in [-0.1, -0.05) is 12.1 Å². The van der Waals surface area contributed by atoms with Crippen molar-refractivity contribution in [2.45, 2.75) is 12.6 Å². The van der Waals surface area contributed by atoms with Gasteiger partial charge in [0.25, 0.3) is 0 Å². The first-order chi connectivity index (χ1) is 10.1. The summed E-state index contributed by atoms with van der Waals surface area (Å²) < 4.78 is 4.84. The minimum atomic E-state index is -1.26. The Morgan fingerprint density at radius 2 is 2.19 bits per heavy atom. The topological polar surface area (TPSA) is 103 Å². The fourth-order valence-electron chi connectivity index (χ4n) is 2.11. The summed E-state index contributed by atoms with van der Waals surface area (Å²) in [6.45, 7) is 0.294. The number of amides is 2. The van der Waals surface area contributed by atoms with Crippen molar-refractivity contribution in [2.75, 3.05) is 13.7 Å². The van der Waals surface area contributed by atoms with Gasteiger partial charge in [-0.15, -0.1) is 0 Å². The zero-order valence-electron chi connectivity index (χ0n) is 11.6. The Kier molecular flexibility index (Phi) is 4.78. The van der Waals surface area contributed by atoms with E-state index in [9.17, 15) is 9.59 Å². The average molecular weight is 291 g/mol. The Balaban J connectivity index is 2.02. The number of carboxylic acid groups (broad SMARTS) is 1. The third-order valence-corrected chi connectivity index (χ3v) is 3.09. The molecule has 0 saturated carbocycles. The molecule has 0 aliphatic carbocycles. The maximum absolute atomic E-state index is 12.0. The summed E-state index contributed by atoms with van der Waals surface area (Å²) in [4.78, 5) is 25.7. The van der Waals surface area contributed by atoms with Crippen LogP contribution in [0.15, 0.2) is 30.5 Å². The monoisotopic (exact) mass is 291 g/mol. The summed E-state index contributed by atoms with van der Waals surface area (Å²) in [6.07, 6.45) is 0.565. The Morgan fingerprint density at radius 1 is 1.38 bits per heavy atom. The van der Waals surface area contributed by atoms with Crippen LogP contribution in [0.5, 0.6) is 0 Å². The van der Waals surface area contributed by atoms with Crippen molar-refractivity contribution in [2.24, 2.45) is 0 Å². The highest BCUT2D eigenvalue weighted by Gasteiger charge is 2.20. The van der Waals surface area contributed by atoms with Gasteiger partial charge in [-0.25, -0.2) is 4.79 Å². The van der Waals surface area contributed by atoms with Crippen molar-refractivity contribution in [1.82, 2.24) is 15.6 Å². The van der Waals surface area contributed by atoms with Gasteiger partial charge < -0.3 is 25.5 Å². The number of hydrogen-bond acceptors (Lipinski definition) is 3. The molecule has 0 fully saturated rings. The molecular weight excluding hydrogens is 274 g/mol. The molecule has 2 aromatic rings. The van der Waals surface area contributed by atoms with Crippen LogP contribution in [-0.4, -0.2) is 41.8 Å². The van der Waals surface area contributed by atoms with E-state index in [2.05, 4.69) is 15.6 Å². The van der Waals surface area contributed by atoms with Crippen LogP contribution >= 0.6 is 0 Å². The Bertz CT molecular complexity index is 638. The number of aromatic amines is 1. The highest BCUT2D eigenvalue weighted by molar-refractivity contribution is 5.86. The predicted octanol–water partition coefficient (Wildman–Crippen LogP) is 1.07. The summed E-state index contributed by atoms with van der Waals surface area (Å²) >= 11 is 0. The molecule has 1 atom stereocenters. The summed E-state index contributed by atoms with van der Waals surface area (Å²) in [5.41, 5.74) is 1.94. The fourth-order valence-corrected chi connectivity index (χ4v) is 2.11. The number of hydrogen-bond donors (Lipinski definition) is 4. The molecule has 21 heavy (non-hydrogen) atoms. The number of H-pyrrole nitrogens is 1. The van der Waals surface area contributed by atoms with Gasteiger partial charge >= 0.3 is 6.09 Å². The molecule has 1 aromatic carbocycles. The van der Waals surface area contributed by atoms with Crippen LogP contribution in [0.3, 0.4) is 0 Å². The lowest BCUT2D eigenvalue weighted by Crippen LogP contribution is -2.48. The lowest BCUT2D eigenvalue weighted by atomic mass is 10.1. The Hall–Kier alpha value is -2.54. The second kappa shape index (κ2) is 6.76. The van der Waals surface area contributed by atoms with Crippen LogP contribution in [0.2, 0.25) is 0 Å². The van der Waals surface area contributed by atoms with Crippen molar-refractivity contribution >= 4 is 22.9 Å². The smallest absolute Gasteiger partial charge is 0.405 e. The third-order valence-electron chi connectivity index (χ3n) is 3.09. The number of rotatable bonds is 6. The molecule has 0 spiro atoms. The molecule has 4 N–H and O–H groups in total. The third kappa shape index (κ3) is 3.73. The number of benzene rings is 1. The zero-order chi connectivity index (χ0) is 15.2. The molecule has 0 bridgehead atoms. The molecule has 1 aromatic heterocycles. The largest absolute Gasteiger partial charge is 0.465 e. The second-order valence-electron chi connectivity index (χ2n) is 4.53. The number of nitrogens with one attached hydrogen (secondary N) is 3. The standard InChI is InChI=1S/C14H17N3O4/c1-21-8-12(17-14(19)20)13(18)16-7-9-3-2-4-11-10(9)5-6-15-11/h2-6,12,15,17H,7-8H2,1H3,(H,16,18)(H,19,20). The molecule has 2 rings (SSSR count). The van der Waals surface area contributed by atoms with Gasteiger partial charge in [0.15, 0.2) is 0 Å². The molecule has 1 unspecified atom stereocenters. The number of carbonyl (C=O) groups excluding carboxylic acids is 1. The molecule has 7 nitrogen and oxygen atoms in total. The molecule has 0 aliphatic heterocycles. The SMILES string of the molecule is COCC(NC(=O)O)C(=O)NCc1cccc2[nH]ccc12. The maximum atomic E-state index is 12.0. The highest BCUT2D eigenvalue weighted by atomic mass is 16.5. The van der Waals surface area contributed by atoms with Gasteiger partial charge in [0.1, 0.15) is 6.04 Å². The van der Waals surface area contributed by atoms with Crippen molar-refractivity contribution in [3.63, 3.8) is 0 Å². The first-order valence-corrected chi connectivity index (χ1v) is 6.43. The van der Waals surface area contributed by atoms with Crippen LogP contribution in [-0.2, 0) is 16.1 Å². The van der Waals surface area contributed by atoms with E-state index in [1.807, 2.05) is 30.5 Å². The Morgan fingerprint density at radius 3 is 2.90 bits per heavy atom. The van der Waals surface area contributed by atoms with Crippen molar-refractivity contribution in [3.05, 3.63) is 36.0 Å². The number of ether oxygens (including phenoxy) is 1. The van der Waals surface area contributed by atoms with Crippen molar-refractivity contribution < 1.29 is 19.4 Å². The van der Waals surface area contributed by atoms with Crippen molar-refractivity contribution in [1.29, 1.82) is 0 Å². The molecular formula is C14H17N3O4. The summed E-state index contributed by atoms with van der Waals surface area (Å²) in [5.74, 6) is -0.424. The van der Waals surface area contributed by atoms with Gasteiger partial charge in [-0.3, -0.25) is 4.79 Å². The van der Waals surface area contributed by atoms with Gasteiger partial charge in [-0.05, 0) is 17.7 Å². The van der Waals surface area contributed by atoms with E-state index in [0.29, 0.717) is 6.54 Å². The first-order valence-electron chi connectivity index (χ1n) is 6.43. The lowest BCUT2D eigenvalue weighted by molar-refractivity contribution is -0.124. The summed E-state index contributed by atoms with van der Waals surface area (Å²) in [5, 5.41) is 14.6. The summed E-state index contributed by atoms with van der Waals surface area (Å²) in [7, 11) is 1.41. The van der Waals surface area contributed by atoms with E-state index in [1.54, 1.807) is 0 Å².